The van der Waals surface area contributed by atoms with E-state index in [2.05, 4.69) is 5.32 Å². The number of aliphatic carboxylic acids is 1. The Hall–Kier alpha value is -1.10. The molecule has 16 heavy (non-hydrogen) atoms. The summed E-state index contributed by atoms with van der Waals surface area (Å²) in [6, 6.07) is 0.318. The molecule has 0 atom stereocenters. The molecule has 5 heteroatoms. The van der Waals surface area contributed by atoms with Crippen molar-refractivity contribution in [1.29, 1.82) is 0 Å². The number of carboxylic acids is 1. The number of rotatable bonds is 5. The molecule has 0 unspecified atom stereocenters. The fourth-order valence-corrected chi connectivity index (χ4v) is 1.96. The van der Waals surface area contributed by atoms with Crippen LogP contribution in [-0.4, -0.2) is 48.1 Å². The van der Waals surface area contributed by atoms with Crippen molar-refractivity contribution >= 4 is 11.9 Å². The standard InChI is InChI=1S/C11H20N2O3/c1-13(9-5-7-12-8-6-9)10(14)3-2-4-11(15)16/h9,12H,2-8H2,1H3,(H,15,16). The average Bonchev–Trinajstić information content (AvgIpc) is 2.28. The number of amides is 1. The highest BCUT2D eigenvalue weighted by Gasteiger charge is 2.21. The molecule has 0 bridgehead atoms. The van der Waals surface area contributed by atoms with Gasteiger partial charge in [-0.15, -0.1) is 0 Å². The van der Waals surface area contributed by atoms with Gasteiger partial charge in [-0.25, -0.2) is 0 Å². The molecule has 0 spiro atoms. The van der Waals surface area contributed by atoms with E-state index in [0.29, 0.717) is 18.9 Å². The van der Waals surface area contributed by atoms with Crippen LogP contribution in [-0.2, 0) is 9.59 Å². The quantitative estimate of drug-likeness (QED) is 0.717. The fourth-order valence-electron chi connectivity index (χ4n) is 1.96. The third kappa shape index (κ3) is 4.18. The lowest BCUT2D eigenvalue weighted by molar-refractivity contribution is -0.137. The SMILES string of the molecule is CN(C(=O)CCCC(=O)O)C1CCNCC1. The van der Waals surface area contributed by atoms with Gasteiger partial charge >= 0.3 is 5.97 Å². The molecule has 1 fully saturated rings. The van der Waals surface area contributed by atoms with Crippen molar-refractivity contribution in [2.45, 2.75) is 38.1 Å². The fraction of sp³-hybridized carbons (Fsp3) is 0.818. The Morgan fingerprint density at radius 1 is 1.31 bits per heavy atom. The van der Waals surface area contributed by atoms with Crippen molar-refractivity contribution in [1.82, 2.24) is 10.2 Å². The van der Waals surface area contributed by atoms with E-state index >= 15 is 0 Å². The lowest BCUT2D eigenvalue weighted by Crippen LogP contribution is -2.43. The van der Waals surface area contributed by atoms with Gasteiger partial charge < -0.3 is 15.3 Å². The maximum Gasteiger partial charge on any atom is 0.303 e. The summed E-state index contributed by atoms with van der Waals surface area (Å²) in [6.07, 6.45) is 2.82. The van der Waals surface area contributed by atoms with Crippen LogP contribution in [0, 0.1) is 0 Å². The number of carboxylic acid groups (broad SMARTS) is 1. The van der Waals surface area contributed by atoms with Crippen molar-refractivity contribution < 1.29 is 14.7 Å². The predicted octanol–water partition coefficient (Wildman–Crippen LogP) is 0.452. The molecule has 1 rings (SSSR count). The first-order chi connectivity index (χ1) is 7.61. The zero-order valence-electron chi connectivity index (χ0n) is 9.74. The van der Waals surface area contributed by atoms with Crippen LogP contribution in [0.2, 0.25) is 0 Å². The molecule has 5 nitrogen and oxygen atoms in total. The van der Waals surface area contributed by atoms with Gasteiger partial charge in [0, 0.05) is 25.9 Å². The summed E-state index contributed by atoms with van der Waals surface area (Å²) in [6.45, 7) is 1.91. The molecule has 1 saturated heterocycles. The van der Waals surface area contributed by atoms with Crippen molar-refractivity contribution in [2.75, 3.05) is 20.1 Å². The molecule has 0 aromatic heterocycles. The number of nitrogens with one attached hydrogen (secondary N) is 1. The number of nitrogens with zero attached hydrogens (tertiary/aromatic N) is 1. The highest BCUT2D eigenvalue weighted by atomic mass is 16.4. The zero-order chi connectivity index (χ0) is 12.0. The summed E-state index contributed by atoms with van der Waals surface area (Å²) in [7, 11) is 1.82. The molecule has 0 radical (unpaired) electrons. The van der Waals surface area contributed by atoms with E-state index in [1.165, 1.54) is 0 Å². The van der Waals surface area contributed by atoms with Gasteiger partial charge in [0.1, 0.15) is 0 Å². The summed E-state index contributed by atoms with van der Waals surface area (Å²) in [5, 5.41) is 11.7. The van der Waals surface area contributed by atoms with Gasteiger partial charge in [-0.2, -0.15) is 0 Å². The molecular formula is C11H20N2O3. The van der Waals surface area contributed by atoms with Crippen LogP contribution in [0.3, 0.4) is 0 Å². The molecule has 1 aliphatic rings. The third-order valence-electron chi connectivity index (χ3n) is 3.03. The van der Waals surface area contributed by atoms with Gasteiger partial charge in [-0.1, -0.05) is 0 Å². The molecule has 1 heterocycles. The van der Waals surface area contributed by atoms with E-state index in [-0.39, 0.29) is 12.3 Å². The lowest BCUT2D eigenvalue weighted by Gasteiger charge is -2.31. The van der Waals surface area contributed by atoms with Crippen LogP contribution in [0.5, 0.6) is 0 Å². The number of carbonyl (C=O) groups is 2. The molecule has 2 N–H and O–H groups in total. The Morgan fingerprint density at radius 2 is 1.94 bits per heavy atom. The second kappa shape index (κ2) is 6.48. The predicted molar refractivity (Wildman–Crippen MR) is 60.1 cm³/mol. The largest absolute Gasteiger partial charge is 0.481 e. The minimum atomic E-state index is -0.836. The van der Waals surface area contributed by atoms with Crippen LogP contribution in [0.4, 0.5) is 0 Å². The average molecular weight is 228 g/mol. The van der Waals surface area contributed by atoms with Crippen molar-refractivity contribution in [3.63, 3.8) is 0 Å². The van der Waals surface area contributed by atoms with Crippen molar-refractivity contribution in [3.05, 3.63) is 0 Å². The normalized spacial score (nSPS) is 17.1. The van der Waals surface area contributed by atoms with Gasteiger partial charge in [0.05, 0.1) is 0 Å². The van der Waals surface area contributed by atoms with Crippen LogP contribution < -0.4 is 5.32 Å². The maximum absolute atomic E-state index is 11.7. The minimum Gasteiger partial charge on any atom is -0.481 e. The molecule has 0 aromatic carbocycles. The van der Waals surface area contributed by atoms with Crippen LogP contribution in [0.15, 0.2) is 0 Å². The second-order valence-electron chi connectivity index (χ2n) is 4.23. The first kappa shape index (κ1) is 13.0. The first-order valence-electron chi connectivity index (χ1n) is 5.79. The van der Waals surface area contributed by atoms with Gasteiger partial charge in [-0.05, 0) is 32.4 Å². The van der Waals surface area contributed by atoms with Gasteiger partial charge in [0.2, 0.25) is 5.91 Å². The van der Waals surface area contributed by atoms with Crippen molar-refractivity contribution in [3.8, 4) is 0 Å². The third-order valence-corrected chi connectivity index (χ3v) is 3.03. The summed E-state index contributed by atoms with van der Waals surface area (Å²) >= 11 is 0. The molecule has 1 aliphatic heterocycles. The van der Waals surface area contributed by atoms with E-state index in [9.17, 15) is 9.59 Å². The van der Waals surface area contributed by atoms with Gasteiger partial charge in [0.15, 0.2) is 0 Å². The van der Waals surface area contributed by atoms with E-state index in [1.807, 2.05) is 7.05 Å². The molecule has 1 amide bonds. The first-order valence-corrected chi connectivity index (χ1v) is 5.79. The van der Waals surface area contributed by atoms with E-state index in [4.69, 9.17) is 5.11 Å². The molecule has 0 saturated carbocycles. The van der Waals surface area contributed by atoms with Crippen molar-refractivity contribution in [2.24, 2.45) is 0 Å². The maximum atomic E-state index is 11.7. The summed E-state index contributed by atoms with van der Waals surface area (Å²) in [4.78, 5) is 23.8. The van der Waals surface area contributed by atoms with Crippen LogP contribution in [0.25, 0.3) is 0 Å². The molecule has 0 aromatic rings. The van der Waals surface area contributed by atoms with E-state index < -0.39 is 5.97 Å². The van der Waals surface area contributed by atoms with Gasteiger partial charge in [0.25, 0.3) is 0 Å². The van der Waals surface area contributed by atoms with Crippen LogP contribution in [0.1, 0.15) is 32.1 Å². The number of piperidine rings is 1. The molecule has 0 aliphatic carbocycles. The Morgan fingerprint density at radius 3 is 2.50 bits per heavy atom. The Labute approximate surface area is 95.8 Å². The Kier molecular flexibility index (Phi) is 5.25. The summed E-state index contributed by atoms with van der Waals surface area (Å²) < 4.78 is 0. The summed E-state index contributed by atoms with van der Waals surface area (Å²) in [5.41, 5.74) is 0. The van der Waals surface area contributed by atoms with E-state index in [1.54, 1.807) is 4.90 Å². The number of carbonyl (C=O) groups excluding carboxylic acids is 1. The topological polar surface area (TPSA) is 69.6 Å². The van der Waals surface area contributed by atoms with Crippen LogP contribution >= 0.6 is 0 Å². The second-order valence-corrected chi connectivity index (χ2v) is 4.23. The highest BCUT2D eigenvalue weighted by molar-refractivity contribution is 5.77. The number of hydrogen-bond acceptors (Lipinski definition) is 3. The molecule has 92 valence electrons. The Balaban J connectivity index is 2.26. The number of hydrogen-bond donors (Lipinski definition) is 2. The summed E-state index contributed by atoms with van der Waals surface area (Å²) in [5.74, 6) is -0.773. The lowest BCUT2D eigenvalue weighted by atomic mass is 10.0. The molecular weight excluding hydrogens is 208 g/mol. The monoisotopic (exact) mass is 228 g/mol. The smallest absolute Gasteiger partial charge is 0.303 e. The highest BCUT2D eigenvalue weighted by Crippen LogP contribution is 2.12. The minimum absolute atomic E-state index is 0.0631. The zero-order valence-corrected chi connectivity index (χ0v) is 9.74. The van der Waals surface area contributed by atoms with Gasteiger partial charge in [-0.3, -0.25) is 9.59 Å². The van der Waals surface area contributed by atoms with E-state index in [0.717, 1.165) is 25.9 Å². The Bertz CT molecular complexity index is 250.